The SMILES string of the molecule is CCN[C@H]1CCN(c2ccc(Nc3ncc(Cl)c(Nc4ccccc4S(=O)(=O)NC(C)C)n3)c(OC)c2)C1. The van der Waals surface area contributed by atoms with Crippen molar-refractivity contribution in [2.24, 2.45) is 0 Å². The minimum Gasteiger partial charge on any atom is -0.494 e. The molecule has 1 fully saturated rings. The molecule has 0 spiro atoms. The monoisotopic (exact) mass is 559 g/mol. The fourth-order valence-electron chi connectivity index (χ4n) is 4.37. The first-order chi connectivity index (χ1) is 18.2. The van der Waals surface area contributed by atoms with Crippen molar-refractivity contribution < 1.29 is 13.2 Å². The molecule has 2 aromatic carbocycles. The summed E-state index contributed by atoms with van der Waals surface area (Å²) in [5, 5.41) is 9.99. The van der Waals surface area contributed by atoms with E-state index < -0.39 is 10.0 Å². The minimum atomic E-state index is -3.75. The Morgan fingerprint density at radius 2 is 1.95 bits per heavy atom. The predicted molar refractivity (Wildman–Crippen MR) is 153 cm³/mol. The highest BCUT2D eigenvalue weighted by Gasteiger charge is 2.23. The van der Waals surface area contributed by atoms with Crippen molar-refractivity contribution >= 4 is 50.5 Å². The summed E-state index contributed by atoms with van der Waals surface area (Å²) >= 11 is 6.37. The van der Waals surface area contributed by atoms with E-state index in [1.54, 1.807) is 39.2 Å². The molecule has 3 aromatic rings. The van der Waals surface area contributed by atoms with Gasteiger partial charge in [0.2, 0.25) is 16.0 Å². The van der Waals surface area contributed by atoms with Crippen molar-refractivity contribution in [1.82, 2.24) is 20.0 Å². The lowest BCUT2D eigenvalue weighted by atomic mass is 10.2. The summed E-state index contributed by atoms with van der Waals surface area (Å²) in [6.45, 7) is 8.53. The van der Waals surface area contributed by atoms with E-state index in [9.17, 15) is 8.42 Å². The lowest BCUT2D eigenvalue weighted by molar-refractivity contribution is 0.417. The number of benzene rings is 2. The molecule has 10 nitrogen and oxygen atoms in total. The Bertz CT molecular complexity index is 1370. The largest absolute Gasteiger partial charge is 0.494 e. The fraction of sp³-hybridized carbons (Fsp3) is 0.385. The molecule has 0 bridgehead atoms. The molecule has 0 radical (unpaired) electrons. The Balaban J connectivity index is 1.55. The van der Waals surface area contributed by atoms with Crippen molar-refractivity contribution in [2.45, 2.75) is 44.2 Å². The van der Waals surface area contributed by atoms with Gasteiger partial charge in [-0.15, -0.1) is 0 Å². The molecule has 1 aliphatic heterocycles. The highest BCUT2D eigenvalue weighted by atomic mass is 35.5. The molecule has 0 amide bonds. The lowest BCUT2D eigenvalue weighted by Crippen LogP contribution is -2.32. The van der Waals surface area contributed by atoms with Gasteiger partial charge >= 0.3 is 0 Å². The predicted octanol–water partition coefficient (Wildman–Crippen LogP) is 4.50. The number of aromatic nitrogens is 2. The van der Waals surface area contributed by atoms with E-state index >= 15 is 0 Å². The molecule has 0 saturated carbocycles. The van der Waals surface area contributed by atoms with Crippen LogP contribution in [0.5, 0.6) is 5.75 Å². The molecule has 1 aliphatic rings. The van der Waals surface area contributed by atoms with E-state index in [0.29, 0.717) is 23.2 Å². The highest BCUT2D eigenvalue weighted by Crippen LogP contribution is 2.34. The molecule has 1 atom stereocenters. The first kappa shape index (κ1) is 27.9. The quantitative estimate of drug-likeness (QED) is 0.269. The maximum Gasteiger partial charge on any atom is 0.242 e. The zero-order valence-corrected chi connectivity index (χ0v) is 23.5. The number of hydrogen-bond donors (Lipinski definition) is 4. The van der Waals surface area contributed by atoms with Gasteiger partial charge in [0.1, 0.15) is 15.7 Å². The molecule has 4 N–H and O–H groups in total. The van der Waals surface area contributed by atoms with E-state index in [1.165, 1.54) is 12.3 Å². The van der Waals surface area contributed by atoms with Crippen LogP contribution in [0, 0.1) is 0 Å². The first-order valence-corrected chi connectivity index (χ1v) is 14.4. The lowest BCUT2D eigenvalue weighted by Gasteiger charge is -2.21. The van der Waals surface area contributed by atoms with Crippen LogP contribution in [-0.2, 0) is 10.0 Å². The molecule has 4 rings (SSSR count). The smallest absolute Gasteiger partial charge is 0.242 e. The maximum atomic E-state index is 12.8. The Hall–Kier alpha value is -3.12. The van der Waals surface area contributed by atoms with Gasteiger partial charge in [-0.3, -0.25) is 0 Å². The number of sulfonamides is 1. The van der Waals surface area contributed by atoms with Crippen LogP contribution in [0.2, 0.25) is 5.02 Å². The number of nitrogens with zero attached hydrogens (tertiary/aromatic N) is 3. The second-order valence-electron chi connectivity index (χ2n) is 9.29. The van der Waals surface area contributed by atoms with Crippen LogP contribution < -0.4 is 30.3 Å². The normalized spacial score (nSPS) is 15.6. The Morgan fingerprint density at radius 3 is 2.68 bits per heavy atom. The van der Waals surface area contributed by atoms with E-state index in [-0.39, 0.29) is 27.7 Å². The topological polar surface area (TPSA) is 121 Å². The molecule has 0 unspecified atom stereocenters. The average molecular weight is 560 g/mol. The van der Waals surface area contributed by atoms with Gasteiger partial charge in [-0.2, -0.15) is 4.98 Å². The summed E-state index contributed by atoms with van der Waals surface area (Å²) in [6, 6.07) is 12.8. The highest BCUT2D eigenvalue weighted by molar-refractivity contribution is 7.89. The number of para-hydroxylation sites is 1. The summed E-state index contributed by atoms with van der Waals surface area (Å²) in [7, 11) is -2.13. The Morgan fingerprint density at radius 1 is 1.16 bits per heavy atom. The van der Waals surface area contributed by atoms with Gasteiger partial charge in [0.25, 0.3) is 0 Å². The van der Waals surface area contributed by atoms with Gasteiger partial charge in [-0.1, -0.05) is 30.7 Å². The molecule has 1 aromatic heterocycles. The number of nitrogens with one attached hydrogen (secondary N) is 4. The fourth-order valence-corrected chi connectivity index (χ4v) is 5.92. The molecular weight excluding hydrogens is 526 g/mol. The summed E-state index contributed by atoms with van der Waals surface area (Å²) in [5.41, 5.74) is 2.12. The van der Waals surface area contributed by atoms with Gasteiger partial charge in [-0.05, 0) is 51.1 Å². The van der Waals surface area contributed by atoms with Crippen molar-refractivity contribution in [1.29, 1.82) is 0 Å². The Kier molecular flexibility index (Phi) is 8.93. The van der Waals surface area contributed by atoms with Crippen molar-refractivity contribution in [2.75, 3.05) is 42.3 Å². The van der Waals surface area contributed by atoms with Crippen LogP contribution in [0.3, 0.4) is 0 Å². The van der Waals surface area contributed by atoms with Crippen LogP contribution in [-0.4, -0.2) is 57.2 Å². The first-order valence-electron chi connectivity index (χ1n) is 12.5. The summed E-state index contributed by atoms with van der Waals surface area (Å²) < 4.78 is 33.9. The van der Waals surface area contributed by atoms with Crippen molar-refractivity contribution in [3.63, 3.8) is 0 Å². The second kappa shape index (κ2) is 12.2. The molecule has 38 heavy (non-hydrogen) atoms. The summed E-state index contributed by atoms with van der Waals surface area (Å²) in [4.78, 5) is 11.2. The molecule has 0 aliphatic carbocycles. The zero-order chi connectivity index (χ0) is 27.3. The van der Waals surface area contributed by atoms with Crippen molar-refractivity contribution in [3.05, 3.63) is 53.7 Å². The molecule has 12 heteroatoms. The third-order valence-corrected chi connectivity index (χ3v) is 8.04. The number of ether oxygens (including phenoxy) is 1. The van der Waals surface area contributed by atoms with Crippen LogP contribution >= 0.6 is 11.6 Å². The third kappa shape index (κ3) is 6.65. The van der Waals surface area contributed by atoms with E-state index in [0.717, 1.165) is 31.7 Å². The van der Waals surface area contributed by atoms with Crippen molar-refractivity contribution in [3.8, 4) is 5.75 Å². The number of halogens is 1. The van der Waals surface area contributed by atoms with E-state index in [4.69, 9.17) is 16.3 Å². The maximum absolute atomic E-state index is 12.8. The molecular formula is C26H34ClN7O3S. The molecule has 2 heterocycles. The summed E-state index contributed by atoms with van der Waals surface area (Å²) in [5.74, 6) is 1.19. The standard InChI is InChI=1S/C26H34ClN7O3S/c1-5-28-18-12-13-34(16-18)19-10-11-21(23(14-19)37-4)31-26-29-15-20(27)25(32-26)30-22-8-6-7-9-24(22)38(35,36)33-17(2)3/h6-11,14-15,17-18,28,33H,5,12-13,16H2,1-4H3,(H2,29,30,31,32)/t18-/m0/s1. The third-order valence-electron chi connectivity index (χ3n) is 6.04. The van der Waals surface area contributed by atoms with E-state index in [1.807, 2.05) is 18.2 Å². The van der Waals surface area contributed by atoms with Gasteiger partial charge < -0.3 is 25.6 Å². The van der Waals surface area contributed by atoms with E-state index in [2.05, 4.69) is 42.5 Å². The van der Waals surface area contributed by atoms with Crippen LogP contribution in [0.15, 0.2) is 53.6 Å². The van der Waals surface area contributed by atoms with Crippen LogP contribution in [0.25, 0.3) is 0 Å². The number of likely N-dealkylation sites (N-methyl/N-ethyl adjacent to an activating group) is 1. The second-order valence-corrected chi connectivity index (χ2v) is 11.4. The number of hydrogen-bond acceptors (Lipinski definition) is 9. The van der Waals surface area contributed by atoms with Gasteiger partial charge in [0.15, 0.2) is 5.82 Å². The summed E-state index contributed by atoms with van der Waals surface area (Å²) in [6.07, 6.45) is 2.55. The molecule has 1 saturated heterocycles. The number of methoxy groups -OCH3 is 1. The minimum absolute atomic E-state index is 0.0911. The van der Waals surface area contributed by atoms with Crippen LogP contribution in [0.4, 0.5) is 28.8 Å². The van der Waals surface area contributed by atoms with Gasteiger partial charge in [0.05, 0.1) is 24.7 Å². The Labute approximate surface area is 229 Å². The van der Waals surface area contributed by atoms with Crippen LogP contribution in [0.1, 0.15) is 27.2 Å². The zero-order valence-electron chi connectivity index (χ0n) is 22.0. The number of anilines is 5. The number of rotatable bonds is 11. The van der Waals surface area contributed by atoms with Gasteiger partial charge in [-0.25, -0.2) is 18.1 Å². The average Bonchev–Trinajstić information content (AvgIpc) is 3.34. The molecule has 204 valence electrons. The van der Waals surface area contributed by atoms with Gasteiger partial charge in [0, 0.05) is 36.9 Å².